The first-order valence-electron chi connectivity index (χ1n) is 5.69. The highest BCUT2D eigenvalue weighted by Crippen LogP contribution is 2.35. The van der Waals surface area contributed by atoms with Crippen LogP contribution in [0, 0.1) is 5.92 Å². The predicted molar refractivity (Wildman–Crippen MR) is 67.9 cm³/mol. The summed E-state index contributed by atoms with van der Waals surface area (Å²) in [5.41, 5.74) is 6.45. The summed E-state index contributed by atoms with van der Waals surface area (Å²) in [6.07, 6.45) is 3.84. The van der Waals surface area contributed by atoms with Gasteiger partial charge in [-0.15, -0.1) is 0 Å². The van der Waals surface area contributed by atoms with Crippen molar-refractivity contribution in [2.45, 2.75) is 25.8 Å². The second kappa shape index (κ2) is 4.53. The van der Waals surface area contributed by atoms with Crippen LogP contribution in [0.5, 0.6) is 0 Å². The third-order valence-electron chi connectivity index (χ3n) is 3.33. The third kappa shape index (κ3) is 2.52. The van der Waals surface area contributed by atoms with Crippen molar-refractivity contribution in [2.24, 2.45) is 5.92 Å². The van der Waals surface area contributed by atoms with Gasteiger partial charge in [-0.2, -0.15) is 0 Å². The first-order valence-corrected chi connectivity index (χ1v) is 6.06. The van der Waals surface area contributed by atoms with E-state index in [-0.39, 0.29) is 17.1 Å². The van der Waals surface area contributed by atoms with Crippen LogP contribution in [-0.4, -0.2) is 28.9 Å². The molecule has 1 aliphatic rings. The first kappa shape index (κ1) is 12.2. The number of hydrogen-bond donors (Lipinski definition) is 1. The van der Waals surface area contributed by atoms with Gasteiger partial charge in [-0.05, 0) is 31.7 Å². The van der Waals surface area contributed by atoms with Crippen LogP contribution in [0.15, 0.2) is 12.3 Å². The van der Waals surface area contributed by atoms with Gasteiger partial charge in [0.2, 0.25) is 0 Å². The van der Waals surface area contributed by atoms with E-state index in [9.17, 15) is 4.79 Å². The van der Waals surface area contributed by atoms with Crippen LogP contribution < -0.4 is 5.73 Å². The van der Waals surface area contributed by atoms with E-state index in [1.165, 1.54) is 19.0 Å². The molecule has 4 nitrogen and oxygen atoms in total. The molecule has 2 rings (SSSR count). The normalized spacial score (nSPS) is 16.6. The number of nitrogens with zero attached hydrogens (tertiary/aromatic N) is 2. The van der Waals surface area contributed by atoms with E-state index in [1.54, 1.807) is 18.0 Å². The lowest BCUT2D eigenvalue weighted by atomic mass is 10.1. The Morgan fingerprint density at radius 3 is 2.88 bits per heavy atom. The number of anilines is 1. The smallest absolute Gasteiger partial charge is 0.257 e. The Labute approximate surface area is 106 Å². The van der Waals surface area contributed by atoms with Gasteiger partial charge in [-0.25, -0.2) is 4.98 Å². The van der Waals surface area contributed by atoms with E-state index in [0.717, 1.165) is 0 Å². The highest BCUT2D eigenvalue weighted by atomic mass is 35.5. The Hall–Kier alpha value is -1.29. The highest BCUT2D eigenvalue weighted by molar-refractivity contribution is 6.32. The zero-order chi connectivity index (χ0) is 12.6. The number of amides is 1. The molecular weight excluding hydrogens is 238 g/mol. The van der Waals surface area contributed by atoms with Crippen molar-refractivity contribution >= 4 is 23.2 Å². The van der Waals surface area contributed by atoms with E-state index in [2.05, 4.69) is 11.9 Å². The summed E-state index contributed by atoms with van der Waals surface area (Å²) in [4.78, 5) is 17.9. The minimum Gasteiger partial charge on any atom is -0.397 e. The average molecular weight is 254 g/mol. The fraction of sp³-hybridized carbons (Fsp3) is 0.500. The number of pyridine rings is 1. The maximum absolute atomic E-state index is 12.2. The Bertz CT molecular complexity index is 445. The molecule has 1 saturated carbocycles. The largest absolute Gasteiger partial charge is 0.397 e. The van der Waals surface area contributed by atoms with Gasteiger partial charge in [-0.3, -0.25) is 4.79 Å². The van der Waals surface area contributed by atoms with Crippen LogP contribution in [-0.2, 0) is 0 Å². The zero-order valence-electron chi connectivity index (χ0n) is 9.98. The van der Waals surface area contributed by atoms with Crippen LogP contribution in [0.1, 0.15) is 30.1 Å². The number of aromatic nitrogens is 1. The summed E-state index contributed by atoms with van der Waals surface area (Å²) in [7, 11) is 1.80. The van der Waals surface area contributed by atoms with E-state index >= 15 is 0 Å². The van der Waals surface area contributed by atoms with Gasteiger partial charge < -0.3 is 10.6 Å². The summed E-state index contributed by atoms with van der Waals surface area (Å²) in [6, 6.07) is 1.81. The quantitative estimate of drug-likeness (QED) is 0.840. The Morgan fingerprint density at radius 2 is 2.29 bits per heavy atom. The van der Waals surface area contributed by atoms with Gasteiger partial charge in [0, 0.05) is 13.1 Å². The van der Waals surface area contributed by atoms with Gasteiger partial charge >= 0.3 is 0 Å². The molecule has 17 heavy (non-hydrogen) atoms. The van der Waals surface area contributed by atoms with Gasteiger partial charge in [-0.1, -0.05) is 11.6 Å². The molecule has 0 bridgehead atoms. The van der Waals surface area contributed by atoms with Crippen molar-refractivity contribution < 1.29 is 4.79 Å². The van der Waals surface area contributed by atoms with Gasteiger partial charge in [0.1, 0.15) is 5.15 Å². The molecule has 1 amide bonds. The van der Waals surface area contributed by atoms with Gasteiger partial charge in [0.15, 0.2) is 0 Å². The SMILES string of the molecule is CC(C1CC1)N(C)C(=O)c1cc(N)cnc1Cl. The van der Waals surface area contributed by atoms with Gasteiger partial charge in [0.05, 0.1) is 17.4 Å². The molecule has 92 valence electrons. The number of halogens is 1. The topological polar surface area (TPSA) is 59.2 Å². The second-order valence-corrected chi connectivity index (χ2v) is 4.96. The van der Waals surface area contributed by atoms with Crippen molar-refractivity contribution in [1.82, 2.24) is 9.88 Å². The maximum atomic E-state index is 12.2. The molecule has 1 aliphatic carbocycles. The number of nitrogen functional groups attached to an aromatic ring is 1. The standard InChI is InChI=1S/C12H16ClN3O/c1-7(8-3-4-8)16(2)12(17)10-5-9(14)6-15-11(10)13/h5-8H,3-4,14H2,1-2H3. The van der Waals surface area contributed by atoms with Gasteiger partial charge in [0.25, 0.3) is 5.91 Å². The minimum absolute atomic E-state index is 0.116. The fourth-order valence-electron chi connectivity index (χ4n) is 1.88. The summed E-state index contributed by atoms with van der Waals surface area (Å²) in [5.74, 6) is 0.506. The molecule has 0 aromatic carbocycles. The highest BCUT2D eigenvalue weighted by Gasteiger charge is 2.33. The van der Waals surface area contributed by atoms with E-state index in [0.29, 0.717) is 17.2 Å². The van der Waals surface area contributed by atoms with Crippen molar-refractivity contribution in [2.75, 3.05) is 12.8 Å². The van der Waals surface area contributed by atoms with Crippen molar-refractivity contribution in [1.29, 1.82) is 0 Å². The second-order valence-electron chi connectivity index (χ2n) is 4.60. The van der Waals surface area contributed by atoms with Crippen molar-refractivity contribution in [3.05, 3.63) is 23.0 Å². The molecule has 1 aromatic heterocycles. The lowest BCUT2D eigenvalue weighted by molar-refractivity contribution is 0.0727. The lowest BCUT2D eigenvalue weighted by Gasteiger charge is -2.25. The third-order valence-corrected chi connectivity index (χ3v) is 3.63. The Morgan fingerprint density at radius 1 is 1.65 bits per heavy atom. The monoisotopic (exact) mass is 253 g/mol. The average Bonchev–Trinajstić information content (AvgIpc) is 3.13. The number of carbonyl (C=O) groups is 1. The fourth-order valence-corrected chi connectivity index (χ4v) is 2.07. The molecule has 1 unspecified atom stereocenters. The van der Waals surface area contributed by atoms with Crippen molar-refractivity contribution in [3.8, 4) is 0 Å². The zero-order valence-corrected chi connectivity index (χ0v) is 10.7. The van der Waals surface area contributed by atoms with Crippen LogP contribution in [0.4, 0.5) is 5.69 Å². The molecule has 1 fully saturated rings. The maximum Gasteiger partial charge on any atom is 0.257 e. The lowest BCUT2D eigenvalue weighted by Crippen LogP contribution is -2.36. The number of carbonyl (C=O) groups excluding carboxylic acids is 1. The molecule has 1 aromatic rings. The van der Waals surface area contributed by atoms with Crippen LogP contribution >= 0.6 is 11.6 Å². The molecule has 5 heteroatoms. The van der Waals surface area contributed by atoms with E-state index in [4.69, 9.17) is 17.3 Å². The number of hydrogen-bond acceptors (Lipinski definition) is 3. The molecule has 0 radical (unpaired) electrons. The van der Waals surface area contributed by atoms with Crippen LogP contribution in [0.25, 0.3) is 0 Å². The molecule has 1 atom stereocenters. The molecule has 0 saturated heterocycles. The van der Waals surface area contributed by atoms with Crippen LogP contribution in [0.3, 0.4) is 0 Å². The van der Waals surface area contributed by atoms with E-state index in [1.807, 2.05) is 0 Å². The van der Waals surface area contributed by atoms with E-state index < -0.39 is 0 Å². The van der Waals surface area contributed by atoms with Crippen molar-refractivity contribution in [3.63, 3.8) is 0 Å². The summed E-state index contributed by atoms with van der Waals surface area (Å²) >= 11 is 5.92. The predicted octanol–water partition coefficient (Wildman–Crippen LogP) is 2.19. The molecule has 2 N–H and O–H groups in total. The summed E-state index contributed by atoms with van der Waals surface area (Å²) in [5, 5.41) is 0.207. The minimum atomic E-state index is -0.116. The first-order chi connectivity index (χ1) is 8.00. The summed E-state index contributed by atoms with van der Waals surface area (Å²) < 4.78 is 0. The van der Waals surface area contributed by atoms with Crippen LogP contribution in [0.2, 0.25) is 5.15 Å². The molecule has 0 aliphatic heterocycles. The molecule has 0 spiro atoms. The molecule has 1 heterocycles. The summed E-state index contributed by atoms with van der Waals surface area (Å²) in [6.45, 7) is 2.06. The number of nitrogens with two attached hydrogens (primary N) is 1. The molecular formula is C12H16ClN3O. The Balaban J connectivity index is 2.20. The number of rotatable bonds is 3. The Kier molecular flexibility index (Phi) is 3.24.